The summed E-state index contributed by atoms with van der Waals surface area (Å²) in [5, 5.41) is 21.7. The second-order valence-corrected chi connectivity index (χ2v) is 7.79. The van der Waals surface area contributed by atoms with Crippen LogP contribution in [-0.4, -0.2) is 53.2 Å². The van der Waals surface area contributed by atoms with Crippen LogP contribution >= 0.6 is 11.6 Å². The summed E-state index contributed by atoms with van der Waals surface area (Å²) in [6.07, 6.45) is -0.0469. The van der Waals surface area contributed by atoms with Crippen LogP contribution in [0.1, 0.15) is 31.0 Å². The fourth-order valence-electron chi connectivity index (χ4n) is 3.48. The first-order valence-corrected chi connectivity index (χ1v) is 10.1. The zero-order chi connectivity index (χ0) is 22.7. The number of phenolic OH excluding ortho intramolecular Hbond substituents is 1. The molecule has 1 amide bonds. The lowest BCUT2D eigenvalue weighted by atomic mass is 9.95. The molecular weight excluding hydrogens is 422 g/mol. The van der Waals surface area contributed by atoms with E-state index in [-0.39, 0.29) is 42.1 Å². The Morgan fingerprint density at radius 3 is 2.42 bits per heavy atom. The zero-order valence-corrected chi connectivity index (χ0v) is 18.2. The van der Waals surface area contributed by atoms with Gasteiger partial charge in [0, 0.05) is 17.1 Å². The number of ether oxygens (including phenoxy) is 2. The maximum absolute atomic E-state index is 12.9. The summed E-state index contributed by atoms with van der Waals surface area (Å²) in [5.41, 5.74) is 0.738. The molecule has 1 aliphatic heterocycles. The van der Waals surface area contributed by atoms with Gasteiger partial charge in [0.1, 0.15) is 5.76 Å². The van der Waals surface area contributed by atoms with Gasteiger partial charge in [-0.25, -0.2) is 0 Å². The number of aliphatic hydroxyl groups excluding tert-OH is 1. The van der Waals surface area contributed by atoms with Crippen LogP contribution in [0.4, 0.5) is 0 Å². The van der Waals surface area contributed by atoms with Crippen molar-refractivity contribution in [2.75, 3.05) is 20.3 Å². The smallest absolute Gasteiger partial charge is 0.295 e. The van der Waals surface area contributed by atoms with Gasteiger partial charge in [-0.2, -0.15) is 0 Å². The summed E-state index contributed by atoms with van der Waals surface area (Å²) in [6.45, 7) is 4.09. The summed E-state index contributed by atoms with van der Waals surface area (Å²) >= 11 is 5.92. The third-order valence-electron chi connectivity index (χ3n) is 4.96. The standard InChI is InChI=1S/C23H24ClNO6/c1-13(2)31-11-10-25-20(15-6-9-18(30-3)17(26)12-15)19(22(28)23(25)29)21(27)14-4-7-16(24)8-5-14/h4-9,12-13,20,26-27H,10-11H2,1-3H3/b21-19-. The van der Waals surface area contributed by atoms with E-state index in [0.717, 1.165) is 0 Å². The second-order valence-electron chi connectivity index (χ2n) is 7.35. The Morgan fingerprint density at radius 1 is 1.16 bits per heavy atom. The molecule has 2 N–H and O–H groups in total. The quantitative estimate of drug-likeness (QED) is 0.381. The van der Waals surface area contributed by atoms with Crippen LogP contribution in [0.25, 0.3) is 5.76 Å². The topological polar surface area (TPSA) is 96.3 Å². The van der Waals surface area contributed by atoms with Gasteiger partial charge in [0.2, 0.25) is 0 Å². The number of hydrogen-bond acceptors (Lipinski definition) is 6. The summed E-state index contributed by atoms with van der Waals surface area (Å²) in [4.78, 5) is 27.1. The number of rotatable bonds is 7. The molecule has 3 rings (SSSR count). The highest BCUT2D eigenvalue weighted by molar-refractivity contribution is 6.46. The predicted molar refractivity (Wildman–Crippen MR) is 116 cm³/mol. The summed E-state index contributed by atoms with van der Waals surface area (Å²) in [5.74, 6) is -1.76. The molecule has 8 heteroatoms. The zero-order valence-electron chi connectivity index (χ0n) is 17.5. The SMILES string of the molecule is COc1ccc(C2/C(=C(/O)c3ccc(Cl)cc3)C(=O)C(=O)N2CCOC(C)C)cc1O. The number of likely N-dealkylation sites (tertiary alicyclic amines) is 1. The van der Waals surface area contributed by atoms with E-state index in [1.807, 2.05) is 13.8 Å². The third-order valence-corrected chi connectivity index (χ3v) is 5.21. The van der Waals surface area contributed by atoms with E-state index in [2.05, 4.69) is 0 Å². The van der Waals surface area contributed by atoms with Crippen molar-refractivity contribution in [2.45, 2.75) is 26.0 Å². The molecule has 1 fully saturated rings. The number of halogens is 1. The van der Waals surface area contributed by atoms with Crippen molar-refractivity contribution in [1.29, 1.82) is 0 Å². The van der Waals surface area contributed by atoms with Crippen molar-refractivity contribution in [2.24, 2.45) is 0 Å². The van der Waals surface area contributed by atoms with E-state index in [4.69, 9.17) is 21.1 Å². The van der Waals surface area contributed by atoms with Crippen molar-refractivity contribution in [3.63, 3.8) is 0 Å². The summed E-state index contributed by atoms with van der Waals surface area (Å²) in [7, 11) is 1.42. The fourth-order valence-corrected chi connectivity index (χ4v) is 3.61. The molecule has 0 aromatic heterocycles. The number of nitrogens with zero attached hydrogens (tertiary/aromatic N) is 1. The van der Waals surface area contributed by atoms with E-state index in [9.17, 15) is 19.8 Å². The Kier molecular flexibility index (Phi) is 6.87. The number of carbonyl (C=O) groups excluding carboxylic acids is 2. The molecule has 0 radical (unpaired) electrons. The molecule has 0 aliphatic carbocycles. The van der Waals surface area contributed by atoms with Crippen molar-refractivity contribution in [3.8, 4) is 11.5 Å². The normalized spacial score (nSPS) is 18.1. The van der Waals surface area contributed by atoms with E-state index < -0.39 is 17.7 Å². The van der Waals surface area contributed by atoms with Gasteiger partial charge < -0.3 is 24.6 Å². The molecule has 1 heterocycles. The molecule has 164 valence electrons. The molecular formula is C23H24ClNO6. The molecule has 0 saturated carbocycles. The maximum Gasteiger partial charge on any atom is 0.295 e. The first-order chi connectivity index (χ1) is 14.7. The van der Waals surface area contributed by atoms with Crippen molar-refractivity contribution in [3.05, 3.63) is 64.2 Å². The van der Waals surface area contributed by atoms with Gasteiger partial charge in [-0.3, -0.25) is 9.59 Å². The number of Topliss-reactive ketones (excluding diaryl/α,β-unsaturated/α-hetero) is 1. The monoisotopic (exact) mass is 445 g/mol. The Bertz CT molecular complexity index is 1020. The molecule has 0 bridgehead atoms. The molecule has 2 aromatic carbocycles. The Labute approximate surface area is 185 Å². The molecule has 1 unspecified atom stereocenters. The van der Waals surface area contributed by atoms with Gasteiger partial charge in [0.05, 0.1) is 31.4 Å². The lowest BCUT2D eigenvalue weighted by molar-refractivity contribution is -0.140. The van der Waals surface area contributed by atoms with E-state index in [0.29, 0.717) is 16.1 Å². The Hall–Kier alpha value is -3.03. The predicted octanol–water partition coefficient (Wildman–Crippen LogP) is 3.90. The number of carbonyl (C=O) groups is 2. The molecule has 1 aliphatic rings. The van der Waals surface area contributed by atoms with Crippen molar-refractivity contribution in [1.82, 2.24) is 4.90 Å². The number of aliphatic hydroxyl groups is 1. The number of methoxy groups -OCH3 is 1. The number of benzene rings is 2. The molecule has 0 spiro atoms. The fraction of sp³-hybridized carbons (Fsp3) is 0.304. The lowest BCUT2D eigenvalue weighted by Crippen LogP contribution is -2.33. The van der Waals surface area contributed by atoms with Gasteiger partial charge in [-0.15, -0.1) is 0 Å². The first-order valence-electron chi connectivity index (χ1n) is 9.77. The van der Waals surface area contributed by atoms with Crippen molar-refractivity contribution < 1.29 is 29.3 Å². The average Bonchev–Trinajstić information content (AvgIpc) is 2.98. The molecule has 7 nitrogen and oxygen atoms in total. The van der Waals surface area contributed by atoms with Crippen LogP contribution in [0.2, 0.25) is 5.02 Å². The van der Waals surface area contributed by atoms with Crippen LogP contribution in [0.5, 0.6) is 11.5 Å². The number of ketones is 1. The van der Waals surface area contributed by atoms with Crippen LogP contribution in [0.15, 0.2) is 48.0 Å². The molecule has 1 atom stereocenters. The number of amides is 1. The van der Waals surface area contributed by atoms with Gasteiger partial charge in [0.15, 0.2) is 11.5 Å². The minimum atomic E-state index is -0.900. The van der Waals surface area contributed by atoms with Gasteiger partial charge in [0.25, 0.3) is 11.7 Å². The number of phenols is 1. The van der Waals surface area contributed by atoms with Crippen LogP contribution in [0, 0.1) is 0 Å². The number of aromatic hydroxyl groups is 1. The molecule has 1 saturated heterocycles. The third kappa shape index (κ3) is 4.68. The highest BCUT2D eigenvalue weighted by Crippen LogP contribution is 2.41. The second kappa shape index (κ2) is 9.41. The summed E-state index contributed by atoms with van der Waals surface area (Å²) in [6, 6.07) is 9.99. The van der Waals surface area contributed by atoms with Gasteiger partial charge >= 0.3 is 0 Å². The Morgan fingerprint density at radius 2 is 1.84 bits per heavy atom. The van der Waals surface area contributed by atoms with E-state index >= 15 is 0 Å². The van der Waals surface area contributed by atoms with Crippen molar-refractivity contribution >= 4 is 29.1 Å². The number of hydrogen-bond donors (Lipinski definition) is 2. The summed E-state index contributed by atoms with van der Waals surface area (Å²) < 4.78 is 10.6. The van der Waals surface area contributed by atoms with Crippen LogP contribution in [-0.2, 0) is 14.3 Å². The van der Waals surface area contributed by atoms with E-state index in [1.165, 1.54) is 24.1 Å². The van der Waals surface area contributed by atoms with Crippen LogP contribution in [0.3, 0.4) is 0 Å². The highest BCUT2D eigenvalue weighted by atomic mass is 35.5. The lowest BCUT2D eigenvalue weighted by Gasteiger charge is -2.26. The van der Waals surface area contributed by atoms with Gasteiger partial charge in [-0.1, -0.05) is 17.7 Å². The average molecular weight is 446 g/mol. The Balaban J connectivity index is 2.11. The maximum atomic E-state index is 12.9. The molecule has 2 aromatic rings. The highest BCUT2D eigenvalue weighted by Gasteiger charge is 2.46. The molecule has 31 heavy (non-hydrogen) atoms. The first kappa shape index (κ1) is 22.7. The van der Waals surface area contributed by atoms with E-state index in [1.54, 1.807) is 30.3 Å². The van der Waals surface area contributed by atoms with Gasteiger partial charge in [-0.05, 0) is 55.8 Å². The minimum absolute atomic E-state index is 0.0469. The minimum Gasteiger partial charge on any atom is -0.507 e. The van der Waals surface area contributed by atoms with Crippen LogP contribution < -0.4 is 4.74 Å². The largest absolute Gasteiger partial charge is 0.507 e.